The number of ether oxygens (including phenoxy) is 2. The van der Waals surface area contributed by atoms with E-state index in [2.05, 4.69) is 4.98 Å². The Labute approximate surface area is 214 Å². The van der Waals surface area contributed by atoms with E-state index in [9.17, 15) is 14.9 Å². The number of H-pyrrole nitrogens is 1. The molecule has 8 heteroatoms. The van der Waals surface area contributed by atoms with Crippen LogP contribution in [0.4, 0.5) is 0 Å². The fourth-order valence-electron chi connectivity index (χ4n) is 3.53. The summed E-state index contributed by atoms with van der Waals surface area (Å²) in [5, 5.41) is 10.4. The van der Waals surface area contributed by atoms with Crippen LogP contribution in [0.2, 0.25) is 10.0 Å². The van der Waals surface area contributed by atoms with E-state index in [0.29, 0.717) is 32.6 Å². The van der Waals surface area contributed by atoms with E-state index < -0.39 is 18.0 Å². The zero-order valence-electron chi connectivity index (χ0n) is 19.5. The van der Waals surface area contributed by atoms with Crippen molar-refractivity contribution in [2.45, 2.75) is 33.3 Å². The predicted molar refractivity (Wildman–Crippen MR) is 136 cm³/mol. The average Bonchev–Trinajstić information content (AvgIpc) is 3.18. The second kappa shape index (κ2) is 11.7. The van der Waals surface area contributed by atoms with Gasteiger partial charge in [-0.05, 0) is 55.7 Å². The lowest BCUT2D eigenvalue weighted by Crippen LogP contribution is -2.13. The molecular formula is C27H24Cl2N2O4. The zero-order chi connectivity index (χ0) is 25.5. The summed E-state index contributed by atoms with van der Waals surface area (Å²) in [5.74, 6) is -1.28. The summed E-state index contributed by atoms with van der Waals surface area (Å²) in [5.41, 5.74) is 3.10. The monoisotopic (exact) mass is 510 g/mol. The predicted octanol–water partition coefficient (Wildman–Crippen LogP) is 6.61. The number of halogens is 2. The topological polar surface area (TPSA) is 92.2 Å². The SMILES string of the molecule is CCOC(=O)c1c(-c2ccccc2)[nH]c(/C=C(\C#N)C(=O)OC(C)C)c1Cc1ccc(Cl)c(Cl)c1. The van der Waals surface area contributed by atoms with Gasteiger partial charge >= 0.3 is 11.9 Å². The molecule has 0 atom stereocenters. The van der Waals surface area contributed by atoms with Gasteiger partial charge in [-0.3, -0.25) is 0 Å². The van der Waals surface area contributed by atoms with Crippen LogP contribution in [0.15, 0.2) is 54.1 Å². The molecule has 180 valence electrons. The molecule has 0 bridgehead atoms. The van der Waals surface area contributed by atoms with Crippen molar-refractivity contribution in [2.24, 2.45) is 0 Å². The smallest absolute Gasteiger partial charge is 0.349 e. The second-order valence-corrected chi connectivity index (χ2v) is 8.72. The van der Waals surface area contributed by atoms with E-state index >= 15 is 0 Å². The Morgan fingerprint density at radius 3 is 2.43 bits per heavy atom. The number of esters is 2. The minimum Gasteiger partial charge on any atom is -0.462 e. The highest BCUT2D eigenvalue weighted by Gasteiger charge is 2.26. The highest BCUT2D eigenvalue weighted by atomic mass is 35.5. The molecule has 2 aromatic carbocycles. The molecule has 0 aliphatic rings. The van der Waals surface area contributed by atoms with Crippen LogP contribution in [-0.4, -0.2) is 29.6 Å². The number of aromatic amines is 1. The molecule has 0 amide bonds. The first kappa shape index (κ1) is 26.1. The molecule has 0 saturated heterocycles. The summed E-state index contributed by atoms with van der Waals surface area (Å²) in [6, 6.07) is 16.3. The molecule has 0 spiro atoms. The molecule has 1 N–H and O–H groups in total. The largest absolute Gasteiger partial charge is 0.462 e. The quantitative estimate of drug-likeness (QED) is 0.209. The highest BCUT2D eigenvalue weighted by Crippen LogP contribution is 2.33. The maximum absolute atomic E-state index is 13.2. The lowest BCUT2D eigenvalue weighted by atomic mass is 9.97. The van der Waals surface area contributed by atoms with E-state index in [1.807, 2.05) is 36.4 Å². The summed E-state index contributed by atoms with van der Waals surface area (Å²) < 4.78 is 10.6. The summed E-state index contributed by atoms with van der Waals surface area (Å²) in [4.78, 5) is 28.9. The van der Waals surface area contributed by atoms with Crippen LogP contribution in [0, 0.1) is 11.3 Å². The van der Waals surface area contributed by atoms with Gasteiger partial charge in [0.25, 0.3) is 0 Å². The molecule has 6 nitrogen and oxygen atoms in total. The van der Waals surface area contributed by atoms with Crippen molar-refractivity contribution in [3.05, 3.63) is 86.5 Å². The average molecular weight is 511 g/mol. The van der Waals surface area contributed by atoms with Crippen molar-refractivity contribution < 1.29 is 19.1 Å². The number of benzene rings is 2. The first-order valence-corrected chi connectivity index (χ1v) is 11.7. The molecule has 0 aliphatic heterocycles. The Kier molecular flexibility index (Phi) is 8.75. The number of aromatic nitrogens is 1. The number of nitrogens with zero attached hydrogens (tertiary/aromatic N) is 1. The van der Waals surface area contributed by atoms with Crippen LogP contribution in [-0.2, 0) is 20.7 Å². The lowest BCUT2D eigenvalue weighted by Gasteiger charge is -2.09. The molecule has 3 aromatic rings. The van der Waals surface area contributed by atoms with Gasteiger partial charge in [0.05, 0.1) is 34.0 Å². The molecule has 0 unspecified atom stereocenters. The standard InChI is InChI=1S/C27H24Cl2N2O4/c1-4-34-27(33)24-20(12-17-10-11-21(28)22(29)13-17)23(14-19(15-30)26(32)35-16(2)3)31-25(24)18-8-6-5-7-9-18/h5-11,13-14,16,31H,4,12H2,1-3H3/b19-14+. The molecule has 0 fully saturated rings. The van der Waals surface area contributed by atoms with Gasteiger partial charge in [0, 0.05) is 12.1 Å². The summed E-state index contributed by atoms with van der Waals surface area (Å²) in [6.07, 6.45) is 1.26. The first-order chi connectivity index (χ1) is 16.7. The fourth-order valence-corrected chi connectivity index (χ4v) is 3.85. The van der Waals surface area contributed by atoms with Gasteiger partial charge in [-0.2, -0.15) is 5.26 Å². The number of nitrogens with one attached hydrogen (secondary N) is 1. The van der Waals surface area contributed by atoms with E-state index in [0.717, 1.165) is 11.1 Å². The van der Waals surface area contributed by atoms with Crippen LogP contribution in [0.5, 0.6) is 0 Å². The Morgan fingerprint density at radius 2 is 1.83 bits per heavy atom. The third-order valence-electron chi connectivity index (χ3n) is 5.02. The Morgan fingerprint density at radius 1 is 1.11 bits per heavy atom. The van der Waals surface area contributed by atoms with Crippen molar-refractivity contribution in [1.82, 2.24) is 4.98 Å². The van der Waals surface area contributed by atoms with Gasteiger partial charge < -0.3 is 14.5 Å². The van der Waals surface area contributed by atoms with Gasteiger partial charge in [-0.15, -0.1) is 0 Å². The minimum absolute atomic E-state index is 0.180. The third kappa shape index (κ3) is 6.33. The molecule has 1 aromatic heterocycles. The van der Waals surface area contributed by atoms with Gasteiger partial charge in [-0.1, -0.05) is 59.6 Å². The molecule has 35 heavy (non-hydrogen) atoms. The van der Waals surface area contributed by atoms with Gasteiger partial charge in [-0.25, -0.2) is 9.59 Å². The maximum Gasteiger partial charge on any atom is 0.349 e. The van der Waals surface area contributed by atoms with Crippen LogP contribution in [0.3, 0.4) is 0 Å². The third-order valence-corrected chi connectivity index (χ3v) is 5.75. The fraction of sp³-hybridized carbons (Fsp3) is 0.222. The normalized spacial score (nSPS) is 11.3. The zero-order valence-corrected chi connectivity index (χ0v) is 21.0. The number of nitriles is 1. The number of hydrogen-bond donors (Lipinski definition) is 1. The van der Waals surface area contributed by atoms with Gasteiger partial charge in [0.1, 0.15) is 11.6 Å². The van der Waals surface area contributed by atoms with E-state index in [1.54, 1.807) is 39.0 Å². The Balaban J connectivity index is 2.26. The van der Waals surface area contributed by atoms with Gasteiger partial charge in [0.15, 0.2) is 0 Å². The molecule has 0 saturated carbocycles. The van der Waals surface area contributed by atoms with Gasteiger partial charge in [0.2, 0.25) is 0 Å². The summed E-state index contributed by atoms with van der Waals surface area (Å²) >= 11 is 12.3. The number of carbonyl (C=O) groups is 2. The van der Waals surface area contributed by atoms with Crippen LogP contribution >= 0.6 is 23.2 Å². The van der Waals surface area contributed by atoms with E-state index in [4.69, 9.17) is 32.7 Å². The number of rotatable bonds is 8. The van der Waals surface area contributed by atoms with Crippen LogP contribution in [0.1, 0.15) is 48.0 Å². The van der Waals surface area contributed by atoms with Crippen molar-refractivity contribution in [2.75, 3.05) is 6.61 Å². The van der Waals surface area contributed by atoms with Crippen LogP contribution < -0.4 is 0 Å². The second-order valence-electron chi connectivity index (χ2n) is 7.90. The van der Waals surface area contributed by atoms with E-state index in [-0.39, 0.29) is 18.6 Å². The summed E-state index contributed by atoms with van der Waals surface area (Å²) in [6.45, 7) is 5.30. The number of carbonyl (C=O) groups excluding carboxylic acids is 2. The maximum atomic E-state index is 13.2. The van der Waals surface area contributed by atoms with Crippen molar-refractivity contribution >= 4 is 41.2 Å². The van der Waals surface area contributed by atoms with Crippen molar-refractivity contribution in [1.29, 1.82) is 5.26 Å². The van der Waals surface area contributed by atoms with Crippen molar-refractivity contribution in [3.8, 4) is 17.3 Å². The van der Waals surface area contributed by atoms with Crippen LogP contribution in [0.25, 0.3) is 17.3 Å². The highest BCUT2D eigenvalue weighted by molar-refractivity contribution is 6.42. The first-order valence-electron chi connectivity index (χ1n) is 11.0. The molecule has 3 rings (SSSR count). The molecule has 1 heterocycles. The van der Waals surface area contributed by atoms with Crippen molar-refractivity contribution in [3.63, 3.8) is 0 Å². The molecule has 0 radical (unpaired) electrons. The molecular weight excluding hydrogens is 487 g/mol. The Bertz CT molecular complexity index is 1300. The summed E-state index contributed by atoms with van der Waals surface area (Å²) in [7, 11) is 0. The molecule has 0 aliphatic carbocycles. The van der Waals surface area contributed by atoms with E-state index in [1.165, 1.54) is 6.08 Å². The minimum atomic E-state index is -0.753. The lowest BCUT2D eigenvalue weighted by molar-refractivity contribution is -0.142. The number of hydrogen-bond acceptors (Lipinski definition) is 5. The Hall–Kier alpha value is -3.53.